The summed E-state index contributed by atoms with van der Waals surface area (Å²) in [6.45, 7) is 5.67. The number of nitrogens with zero attached hydrogens (tertiary/aromatic N) is 1. The zero-order valence-electron chi connectivity index (χ0n) is 11.1. The van der Waals surface area contributed by atoms with Crippen LogP contribution in [0.5, 0.6) is 0 Å². The molecule has 2 aromatic rings. The van der Waals surface area contributed by atoms with E-state index >= 15 is 0 Å². The van der Waals surface area contributed by atoms with Gasteiger partial charge in [-0.15, -0.1) is 0 Å². The number of benzene rings is 1. The number of nitrogens with one attached hydrogen (secondary N) is 1. The first-order chi connectivity index (χ1) is 8.97. The third-order valence-corrected chi connectivity index (χ3v) is 3.16. The number of hydrogen-bond donors (Lipinski definition) is 1. The molecule has 0 unspecified atom stereocenters. The molecule has 0 fully saturated rings. The van der Waals surface area contributed by atoms with Crippen LogP contribution in [0, 0.1) is 20.8 Å². The van der Waals surface area contributed by atoms with Gasteiger partial charge in [-0.3, -0.25) is 4.79 Å². The van der Waals surface area contributed by atoms with Crippen molar-refractivity contribution < 1.29 is 9.21 Å². The second-order valence-corrected chi connectivity index (χ2v) is 4.93. The highest BCUT2D eigenvalue weighted by Crippen LogP contribution is 2.27. The van der Waals surface area contributed by atoms with E-state index in [1.54, 1.807) is 6.92 Å². The number of anilines is 1. The average molecular weight is 279 g/mol. The number of halogens is 1. The van der Waals surface area contributed by atoms with E-state index in [0.29, 0.717) is 16.5 Å². The molecule has 4 nitrogen and oxygen atoms in total. The van der Waals surface area contributed by atoms with E-state index in [1.807, 2.05) is 26.0 Å². The molecule has 0 aliphatic carbocycles. The molecule has 0 aliphatic heterocycles. The van der Waals surface area contributed by atoms with E-state index in [4.69, 9.17) is 16.0 Å². The maximum Gasteiger partial charge on any atom is 0.232 e. The van der Waals surface area contributed by atoms with Crippen LogP contribution in [0.3, 0.4) is 0 Å². The number of rotatable bonds is 3. The molecular weight excluding hydrogens is 264 g/mol. The number of oxazole rings is 1. The topological polar surface area (TPSA) is 55.1 Å². The molecule has 0 aliphatic rings. The lowest BCUT2D eigenvalue weighted by Crippen LogP contribution is -2.15. The monoisotopic (exact) mass is 278 g/mol. The third kappa shape index (κ3) is 3.15. The fraction of sp³-hybridized carbons (Fsp3) is 0.286. The van der Waals surface area contributed by atoms with Crippen LogP contribution in [0.4, 0.5) is 5.69 Å². The lowest BCUT2D eigenvalue weighted by Gasteiger charge is -2.11. The van der Waals surface area contributed by atoms with Crippen molar-refractivity contribution in [3.05, 3.63) is 46.1 Å². The van der Waals surface area contributed by atoms with Crippen LogP contribution in [0.1, 0.15) is 22.6 Å². The van der Waals surface area contributed by atoms with Gasteiger partial charge >= 0.3 is 0 Å². The highest BCUT2D eigenvalue weighted by atomic mass is 35.5. The molecule has 0 atom stereocenters. The predicted octanol–water partition coefficient (Wildman–Crippen LogP) is 3.43. The van der Waals surface area contributed by atoms with Gasteiger partial charge in [-0.05, 0) is 38.0 Å². The Balaban J connectivity index is 2.14. The molecule has 5 heteroatoms. The van der Waals surface area contributed by atoms with E-state index in [0.717, 1.165) is 16.8 Å². The lowest BCUT2D eigenvalue weighted by atomic mass is 10.1. The molecule has 0 bridgehead atoms. The molecule has 0 spiro atoms. The molecule has 1 amide bonds. The Bertz CT molecular complexity index is 597. The fourth-order valence-electron chi connectivity index (χ4n) is 1.90. The first-order valence-corrected chi connectivity index (χ1v) is 6.30. The van der Waals surface area contributed by atoms with Gasteiger partial charge in [-0.2, -0.15) is 0 Å². The van der Waals surface area contributed by atoms with E-state index in [1.165, 1.54) is 6.39 Å². The molecule has 1 aromatic heterocycles. The Kier molecular flexibility index (Phi) is 3.90. The van der Waals surface area contributed by atoms with Gasteiger partial charge in [0.1, 0.15) is 5.76 Å². The van der Waals surface area contributed by atoms with Crippen LogP contribution < -0.4 is 5.32 Å². The van der Waals surface area contributed by atoms with Crippen molar-refractivity contribution in [3.8, 4) is 0 Å². The van der Waals surface area contributed by atoms with Gasteiger partial charge in [-0.25, -0.2) is 4.98 Å². The van der Waals surface area contributed by atoms with Crippen LogP contribution in [0.15, 0.2) is 22.9 Å². The minimum atomic E-state index is -0.172. The van der Waals surface area contributed by atoms with Crippen molar-refractivity contribution in [1.29, 1.82) is 0 Å². The average Bonchev–Trinajstić information content (AvgIpc) is 2.69. The maximum atomic E-state index is 12.0. The van der Waals surface area contributed by atoms with Gasteiger partial charge < -0.3 is 9.73 Å². The Labute approximate surface area is 116 Å². The van der Waals surface area contributed by atoms with Gasteiger partial charge in [0.15, 0.2) is 6.39 Å². The van der Waals surface area contributed by atoms with Crippen LogP contribution in [-0.4, -0.2) is 10.9 Å². The molecule has 2 rings (SSSR count). The minimum Gasteiger partial charge on any atom is -0.448 e. The molecule has 1 heterocycles. The number of amides is 1. The van der Waals surface area contributed by atoms with E-state index < -0.39 is 0 Å². The number of aromatic nitrogens is 1. The van der Waals surface area contributed by atoms with Gasteiger partial charge in [-0.1, -0.05) is 17.7 Å². The van der Waals surface area contributed by atoms with E-state index in [2.05, 4.69) is 10.3 Å². The fourth-order valence-corrected chi connectivity index (χ4v) is 2.27. The molecular formula is C14H15ClN2O2. The van der Waals surface area contributed by atoms with Crippen LogP contribution in [-0.2, 0) is 11.2 Å². The van der Waals surface area contributed by atoms with Gasteiger partial charge in [0.2, 0.25) is 5.91 Å². The normalized spacial score (nSPS) is 10.5. The Morgan fingerprint density at radius 2 is 2.11 bits per heavy atom. The summed E-state index contributed by atoms with van der Waals surface area (Å²) in [6.07, 6.45) is 1.48. The number of aryl methyl sites for hydroxylation is 3. The minimum absolute atomic E-state index is 0.148. The summed E-state index contributed by atoms with van der Waals surface area (Å²) in [5, 5.41) is 3.35. The summed E-state index contributed by atoms with van der Waals surface area (Å²) in [5.74, 6) is 0.395. The highest BCUT2D eigenvalue weighted by molar-refractivity contribution is 6.34. The second kappa shape index (κ2) is 5.45. The summed E-state index contributed by atoms with van der Waals surface area (Å²) >= 11 is 6.14. The van der Waals surface area contributed by atoms with Crippen molar-refractivity contribution in [1.82, 2.24) is 4.98 Å². The SMILES string of the molecule is Cc1cc(C)c(NC(=O)Cc2ocnc2C)c(Cl)c1. The summed E-state index contributed by atoms with van der Waals surface area (Å²) in [6, 6.07) is 3.80. The third-order valence-electron chi connectivity index (χ3n) is 2.86. The molecule has 1 aromatic carbocycles. The van der Waals surface area contributed by atoms with E-state index in [9.17, 15) is 4.79 Å². The van der Waals surface area contributed by atoms with Crippen molar-refractivity contribution in [2.45, 2.75) is 27.2 Å². The number of carbonyl (C=O) groups is 1. The zero-order chi connectivity index (χ0) is 14.0. The first-order valence-electron chi connectivity index (χ1n) is 5.93. The quantitative estimate of drug-likeness (QED) is 0.936. The van der Waals surface area contributed by atoms with Crippen molar-refractivity contribution in [2.24, 2.45) is 0 Å². The van der Waals surface area contributed by atoms with Crippen LogP contribution >= 0.6 is 11.6 Å². The Morgan fingerprint density at radius 3 is 2.68 bits per heavy atom. The standard InChI is InChI=1S/C14H15ClN2O2/c1-8-4-9(2)14(11(15)5-8)17-13(18)6-12-10(3)16-7-19-12/h4-5,7H,6H2,1-3H3,(H,17,18). The van der Waals surface area contributed by atoms with Crippen LogP contribution in [0.2, 0.25) is 5.02 Å². The summed E-state index contributed by atoms with van der Waals surface area (Å²) in [4.78, 5) is 15.9. The molecule has 100 valence electrons. The molecule has 1 N–H and O–H groups in total. The molecule has 19 heavy (non-hydrogen) atoms. The Hall–Kier alpha value is -1.81. The number of carbonyl (C=O) groups excluding carboxylic acids is 1. The molecule has 0 radical (unpaired) electrons. The summed E-state index contributed by atoms with van der Waals surface area (Å²) < 4.78 is 5.15. The van der Waals surface area contributed by atoms with Crippen LogP contribution in [0.25, 0.3) is 0 Å². The van der Waals surface area contributed by atoms with E-state index in [-0.39, 0.29) is 12.3 Å². The zero-order valence-corrected chi connectivity index (χ0v) is 11.8. The van der Waals surface area contributed by atoms with Gasteiger partial charge in [0.25, 0.3) is 0 Å². The predicted molar refractivity (Wildman–Crippen MR) is 74.5 cm³/mol. The summed E-state index contributed by atoms with van der Waals surface area (Å²) in [5.41, 5.74) is 3.37. The first kappa shape index (κ1) is 13.6. The van der Waals surface area contributed by atoms with Gasteiger partial charge in [0, 0.05) is 0 Å². The van der Waals surface area contributed by atoms with Gasteiger partial charge in [0.05, 0.1) is 22.8 Å². The summed E-state index contributed by atoms with van der Waals surface area (Å²) in [7, 11) is 0. The highest BCUT2D eigenvalue weighted by Gasteiger charge is 2.13. The van der Waals surface area contributed by atoms with Crippen molar-refractivity contribution >= 4 is 23.2 Å². The maximum absolute atomic E-state index is 12.0. The largest absolute Gasteiger partial charge is 0.448 e. The number of hydrogen-bond acceptors (Lipinski definition) is 3. The van der Waals surface area contributed by atoms with Crippen molar-refractivity contribution in [3.63, 3.8) is 0 Å². The second-order valence-electron chi connectivity index (χ2n) is 4.52. The lowest BCUT2D eigenvalue weighted by molar-refractivity contribution is -0.115. The Morgan fingerprint density at radius 1 is 1.37 bits per heavy atom. The molecule has 0 saturated heterocycles. The smallest absolute Gasteiger partial charge is 0.232 e. The molecule has 0 saturated carbocycles. The van der Waals surface area contributed by atoms with Crippen molar-refractivity contribution in [2.75, 3.05) is 5.32 Å².